The van der Waals surface area contributed by atoms with E-state index in [2.05, 4.69) is 42.7 Å². The summed E-state index contributed by atoms with van der Waals surface area (Å²) >= 11 is 6.03. The second-order valence-electron chi connectivity index (χ2n) is 10.3. The van der Waals surface area contributed by atoms with Crippen LogP contribution in [0.2, 0.25) is 5.15 Å². The van der Waals surface area contributed by atoms with Crippen LogP contribution in [0.4, 0.5) is 20.4 Å². The van der Waals surface area contributed by atoms with Crippen molar-refractivity contribution in [3.8, 4) is 0 Å². The Labute approximate surface area is 256 Å². The minimum atomic E-state index is -1.06. The second-order valence-corrected chi connectivity index (χ2v) is 10.7. The zero-order valence-corrected chi connectivity index (χ0v) is 24.6. The van der Waals surface area contributed by atoms with E-state index < -0.39 is 23.1 Å². The molecule has 0 unspecified atom stereocenters. The van der Waals surface area contributed by atoms with Crippen LogP contribution in [0.25, 0.3) is 17.0 Å². The van der Waals surface area contributed by atoms with E-state index in [-0.39, 0.29) is 29.4 Å². The van der Waals surface area contributed by atoms with E-state index in [0.29, 0.717) is 5.95 Å². The Morgan fingerprint density at radius 1 is 1.00 bits per heavy atom. The number of benzene rings is 3. The third-order valence-electron chi connectivity index (χ3n) is 6.51. The number of amides is 1. The molecular weight excluding hydrogens is 588 g/mol. The van der Waals surface area contributed by atoms with Gasteiger partial charge in [-0.2, -0.15) is 5.10 Å². The van der Waals surface area contributed by atoms with Crippen molar-refractivity contribution in [2.24, 2.45) is 0 Å². The molecule has 2 N–H and O–H groups in total. The lowest BCUT2D eigenvalue weighted by atomic mass is 10.1. The smallest absolute Gasteiger partial charge is 0.280 e. The first kappa shape index (κ1) is 30.5. The first-order valence-electron chi connectivity index (χ1n) is 13.6. The summed E-state index contributed by atoms with van der Waals surface area (Å²) < 4.78 is 27.8. The Bertz CT molecular complexity index is 1910. The SMILES string of the molecule is CN(C)Cc1ccc(Nc2ncc3cc(/C=C/CNC(=O)c4cc(Cl)nn(Cc5ccc(F)c(F)c5)c4=O)ccc3n2)cc1. The van der Waals surface area contributed by atoms with E-state index in [0.717, 1.165) is 51.6 Å². The van der Waals surface area contributed by atoms with Crippen LogP contribution in [-0.4, -0.2) is 51.2 Å². The van der Waals surface area contributed by atoms with Gasteiger partial charge in [0.25, 0.3) is 11.5 Å². The van der Waals surface area contributed by atoms with Gasteiger partial charge in [-0.05, 0) is 73.3 Å². The number of hydrogen-bond donors (Lipinski definition) is 2. The monoisotopic (exact) mass is 615 g/mol. The van der Waals surface area contributed by atoms with Gasteiger partial charge in [-0.3, -0.25) is 9.59 Å². The van der Waals surface area contributed by atoms with E-state index in [1.165, 1.54) is 11.6 Å². The molecule has 0 aliphatic heterocycles. The van der Waals surface area contributed by atoms with Crippen molar-refractivity contribution in [3.63, 3.8) is 0 Å². The van der Waals surface area contributed by atoms with Crippen LogP contribution in [0.15, 0.2) is 83.8 Å². The van der Waals surface area contributed by atoms with E-state index >= 15 is 0 Å². The highest BCUT2D eigenvalue weighted by molar-refractivity contribution is 6.29. The number of carbonyl (C=O) groups excluding carboxylic acids is 1. The summed E-state index contributed by atoms with van der Waals surface area (Å²) in [5.41, 5.74) is 3.09. The van der Waals surface area contributed by atoms with Crippen LogP contribution < -0.4 is 16.2 Å². The fraction of sp³-hybridized carbons (Fsp3) is 0.156. The van der Waals surface area contributed by atoms with Gasteiger partial charge in [0.2, 0.25) is 5.95 Å². The molecule has 5 aromatic rings. The molecule has 0 radical (unpaired) electrons. The second kappa shape index (κ2) is 13.5. The molecule has 0 saturated carbocycles. The van der Waals surface area contributed by atoms with Gasteiger partial charge in [0, 0.05) is 30.4 Å². The van der Waals surface area contributed by atoms with Gasteiger partial charge in [-0.25, -0.2) is 23.4 Å². The molecule has 0 fully saturated rings. The molecule has 1 amide bonds. The minimum absolute atomic E-state index is 0.0949. The quantitative estimate of drug-likeness (QED) is 0.216. The van der Waals surface area contributed by atoms with Crippen molar-refractivity contribution in [3.05, 3.63) is 128 Å². The number of aromatic nitrogens is 4. The molecule has 5 rings (SSSR count). The van der Waals surface area contributed by atoms with Crippen LogP contribution in [0.3, 0.4) is 0 Å². The molecule has 0 saturated heterocycles. The fourth-order valence-electron chi connectivity index (χ4n) is 4.44. The third-order valence-corrected chi connectivity index (χ3v) is 6.69. The molecule has 224 valence electrons. The summed E-state index contributed by atoms with van der Waals surface area (Å²) in [6.07, 6.45) is 5.29. The Hall–Kier alpha value is -5.00. The van der Waals surface area contributed by atoms with Gasteiger partial charge < -0.3 is 15.5 Å². The van der Waals surface area contributed by atoms with Crippen LogP contribution >= 0.6 is 11.6 Å². The van der Waals surface area contributed by atoms with Gasteiger partial charge in [0.15, 0.2) is 16.8 Å². The maximum Gasteiger partial charge on any atom is 0.280 e. The number of anilines is 2. The highest BCUT2D eigenvalue weighted by Gasteiger charge is 2.15. The average Bonchev–Trinajstić information content (AvgIpc) is 2.99. The van der Waals surface area contributed by atoms with E-state index in [4.69, 9.17) is 11.6 Å². The van der Waals surface area contributed by atoms with E-state index in [1.54, 1.807) is 12.3 Å². The maximum atomic E-state index is 13.6. The number of carbonyl (C=O) groups is 1. The fourth-order valence-corrected chi connectivity index (χ4v) is 4.64. The standard InChI is InChI=1S/C32H28ClF2N7O2/c1-41(2)18-21-5-9-24(10-6-21)38-32-37-17-23-14-20(8-12-28(23)39-32)4-3-13-36-30(43)25-16-29(33)40-42(31(25)44)19-22-7-11-26(34)27(35)15-22/h3-12,14-17H,13,18-19H2,1-2H3,(H,36,43)(H,37,38,39)/b4-3+. The van der Waals surface area contributed by atoms with Crippen molar-refractivity contribution in [1.29, 1.82) is 0 Å². The van der Waals surface area contributed by atoms with Crippen molar-refractivity contribution in [2.75, 3.05) is 26.0 Å². The number of fused-ring (bicyclic) bond motifs is 1. The highest BCUT2D eigenvalue weighted by atomic mass is 35.5. The summed E-state index contributed by atoms with van der Waals surface area (Å²) in [7, 11) is 4.06. The maximum absolute atomic E-state index is 13.6. The van der Waals surface area contributed by atoms with Gasteiger partial charge >= 0.3 is 0 Å². The predicted molar refractivity (Wildman–Crippen MR) is 167 cm³/mol. The summed E-state index contributed by atoms with van der Waals surface area (Å²) in [5.74, 6) is -2.23. The lowest BCUT2D eigenvalue weighted by Gasteiger charge is -2.11. The van der Waals surface area contributed by atoms with Crippen molar-refractivity contribution < 1.29 is 13.6 Å². The highest BCUT2D eigenvalue weighted by Crippen LogP contribution is 2.19. The Morgan fingerprint density at radius 3 is 2.52 bits per heavy atom. The molecule has 0 aliphatic rings. The molecule has 3 aromatic carbocycles. The molecule has 0 spiro atoms. The first-order valence-corrected chi connectivity index (χ1v) is 14.0. The summed E-state index contributed by atoms with van der Waals surface area (Å²) in [5, 5.41) is 10.5. The van der Waals surface area contributed by atoms with Gasteiger partial charge in [0.1, 0.15) is 5.56 Å². The van der Waals surface area contributed by atoms with Crippen LogP contribution in [-0.2, 0) is 13.1 Å². The molecule has 2 aromatic heterocycles. The summed E-state index contributed by atoms with van der Waals surface area (Å²) in [4.78, 5) is 36.7. The number of hydrogen-bond acceptors (Lipinski definition) is 7. The zero-order chi connectivity index (χ0) is 31.2. The molecule has 0 atom stereocenters. The largest absolute Gasteiger partial charge is 0.348 e. The average molecular weight is 616 g/mol. The molecule has 9 nitrogen and oxygen atoms in total. The van der Waals surface area contributed by atoms with Crippen LogP contribution in [0, 0.1) is 11.6 Å². The van der Waals surface area contributed by atoms with Crippen LogP contribution in [0.1, 0.15) is 27.0 Å². The van der Waals surface area contributed by atoms with E-state index in [1.807, 2.05) is 50.5 Å². The minimum Gasteiger partial charge on any atom is -0.348 e. The topological polar surface area (TPSA) is 105 Å². The van der Waals surface area contributed by atoms with Crippen molar-refractivity contribution >= 4 is 46.1 Å². The van der Waals surface area contributed by atoms with Crippen molar-refractivity contribution in [2.45, 2.75) is 13.1 Å². The molecule has 2 heterocycles. The predicted octanol–water partition coefficient (Wildman–Crippen LogP) is 5.41. The molecule has 0 bridgehead atoms. The van der Waals surface area contributed by atoms with E-state index in [9.17, 15) is 18.4 Å². The van der Waals surface area contributed by atoms with Gasteiger partial charge in [-0.1, -0.05) is 48.0 Å². The van der Waals surface area contributed by atoms with Crippen LogP contribution in [0.5, 0.6) is 0 Å². The summed E-state index contributed by atoms with van der Waals surface area (Å²) in [6.45, 7) is 0.803. The Morgan fingerprint density at radius 2 is 1.77 bits per heavy atom. The van der Waals surface area contributed by atoms with Gasteiger partial charge in [0.05, 0.1) is 12.1 Å². The Kier molecular flexibility index (Phi) is 9.37. The molecule has 44 heavy (non-hydrogen) atoms. The molecular formula is C32H28ClF2N7O2. The first-order chi connectivity index (χ1) is 21.1. The number of rotatable bonds is 10. The third kappa shape index (κ3) is 7.68. The number of nitrogens with zero attached hydrogens (tertiary/aromatic N) is 5. The normalized spacial score (nSPS) is 11.4. The summed E-state index contributed by atoms with van der Waals surface area (Å²) in [6, 6.07) is 18.2. The zero-order valence-electron chi connectivity index (χ0n) is 23.9. The number of halogens is 3. The lowest BCUT2D eigenvalue weighted by Crippen LogP contribution is -2.34. The molecule has 12 heteroatoms. The van der Waals surface area contributed by atoms with Crippen molar-refractivity contribution in [1.82, 2.24) is 30.0 Å². The Balaban J connectivity index is 1.20. The molecule has 0 aliphatic carbocycles. The van der Waals surface area contributed by atoms with Gasteiger partial charge in [-0.15, -0.1) is 0 Å². The lowest BCUT2D eigenvalue weighted by molar-refractivity contribution is 0.0955. The number of nitrogens with one attached hydrogen (secondary N) is 2.